The average Bonchev–Trinajstić information content (AvgIpc) is 3.17. The van der Waals surface area contributed by atoms with Crippen LogP contribution in [0.4, 0.5) is 5.13 Å². The summed E-state index contributed by atoms with van der Waals surface area (Å²) in [6, 6.07) is 2.43. The third-order valence-electron chi connectivity index (χ3n) is 4.90. The van der Waals surface area contributed by atoms with E-state index in [1.807, 2.05) is 5.38 Å². The minimum Gasteiger partial charge on any atom is -0.379 e. The van der Waals surface area contributed by atoms with E-state index in [1.54, 1.807) is 13.8 Å². The number of pyridine rings is 1. The van der Waals surface area contributed by atoms with E-state index in [2.05, 4.69) is 15.2 Å². The van der Waals surface area contributed by atoms with Crippen LogP contribution in [0.2, 0.25) is 0 Å². The molecule has 0 saturated carbocycles. The molecule has 1 fully saturated rings. The minimum absolute atomic E-state index is 0.0226. The third-order valence-corrected chi connectivity index (χ3v) is 7.74. The zero-order valence-electron chi connectivity index (χ0n) is 17.6. The maximum atomic E-state index is 12.7. The lowest BCUT2D eigenvalue weighted by Gasteiger charge is -2.25. The number of nitrogens with one attached hydrogen (secondary N) is 1. The molecule has 1 aliphatic rings. The number of nitrogens with zero attached hydrogens (tertiary/aromatic N) is 4. The summed E-state index contributed by atoms with van der Waals surface area (Å²) in [6.45, 7) is 7.57. The van der Waals surface area contributed by atoms with Gasteiger partial charge in [-0.05, 0) is 6.07 Å². The van der Waals surface area contributed by atoms with E-state index in [9.17, 15) is 18.0 Å². The number of carbonyl (C=O) groups excluding carboxylic acids is 1. The Bertz CT molecular complexity index is 1060. The Morgan fingerprint density at radius 1 is 1.26 bits per heavy atom. The molecule has 0 radical (unpaired) electrons. The molecule has 0 aromatic carbocycles. The van der Waals surface area contributed by atoms with Gasteiger partial charge in [0.15, 0.2) is 5.13 Å². The number of ether oxygens (including phenoxy) is 1. The van der Waals surface area contributed by atoms with E-state index in [1.165, 1.54) is 27.9 Å². The molecule has 3 heterocycles. The number of hydrogen-bond donors (Lipinski definition) is 1. The number of carbonyl (C=O) groups is 1. The number of thiazole rings is 1. The highest BCUT2D eigenvalue weighted by atomic mass is 32.2. The summed E-state index contributed by atoms with van der Waals surface area (Å²) < 4.78 is 33.1. The zero-order chi connectivity index (χ0) is 22.4. The SMILES string of the molecule is CCN(CC)S(=O)(=O)c1ccc(=O)n(CC(=O)Nc2nc(CN3CCOCC3)cs2)c1. The Morgan fingerprint density at radius 2 is 1.97 bits per heavy atom. The lowest BCUT2D eigenvalue weighted by Crippen LogP contribution is -2.35. The molecule has 0 aliphatic carbocycles. The van der Waals surface area contributed by atoms with Gasteiger partial charge in [-0.15, -0.1) is 11.3 Å². The number of sulfonamides is 1. The van der Waals surface area contributed by atoms with E-state index in [0.29, 0.717) is 38.0 Å². The first-order valence-corrected chi connectivity index (χ1v) is 12.4. The molecule has 0 bridgehead atoms. The van der Waals surface area contributed by atoms with Gasteiger partial charge in [0.25, 0.3) is 5.56 Å². The summed E-state index contributed by atoms with van der Waals surface area (Å²) in [5.41, 5.74) is 0.396. The van der Waals surface area contributed by atoms with Crippen LogP contribution in [0.5, 0.6) is 0 Å². The van der Waals surface area contributed by atoms with Crippen molar-refractivity contribution in [3.63, 3.8) is 0 Å². The van der Waals surface area contributed by atoms with Gasteiger partial charge in [-0.1, -0.05) is 13.8 Å². The van der Waals surface area contributed by atoms with Crippen LogP contribution in [-0.2, 0) is 32.6 Å². The standard InChI is InChI=1S/C19H27N5O5S2/c1-3-24(4-2)31(27,28)16-5-6-18(26)23(12-16)13-17(25)21-19-20-15(14-30-19)11-22-7-9-29-10-8-22/h5-6,12,14H,3-4,7-11,13H2,1-2H3,(H,20,21,25). The van der Waals surface area contributed by atoms with Gasteiger partial charge >= 0.3 is 0 Å². The second-order valence-electron chi connectivity index (χ2n) is 7.00. The molecule has 0 unspecified atom stereocenters. The first-order valence-electron chi connectivity index (χ1n) is 10.1. The van der Waals surface area contributed by atoms with Crippen LogP contribution in [0, 0.1) is 0 Å². The van der Waals surface area contributed by atoms with Crippen molar-refractivity contribution in [1.29, 1.82) is 0 Å². The number of hydrogen-bond acceptors (Lipinski definition) is 8. The largest absolute Gasteiger partial charge is 0.379 e. The van der Waals surface area contributed by atoms with E-state index >= 15 is 0 Å². The predicted molar refractivity (Wildman–Crippen MR) is 118 cm³/mol. The lowest BCUT2D eigenvalue weighted by molar-refractivity contribution is -0.116. The molecule has 1 saturated heterocycles. The van der Waals surface area contributed by atoms with Crippen molar-refractivity contribution in [3.05, 3.63) is 39.8 Å². The molecule has 2 aromatic rings. The minimum atomic E-state index is -3.73. The van der Waals surface area contributed by atoms with Crippen molar-refractivity contribution >= 4 is 32.4 Å². The maximum Gasteiger partial charge on any atom is 0.251 e. The van der Waals surface area contributed by atoms with Crippen molar-refractivity contribution in [2.24, 2.45) is 0 Å². The first kappa shape index (κ1) is 23.5. The predicted octanol–water partition coefficient (Wildman–Crippen LogP) is 0.806. The maximum absolute atomic E-state index is 12.7. The molecule has 0 atom stereocenters. The summed E-state index contributed by atoms with van der Waals surface area (Å²) in [5, 5.41) is 5.01. The lowest BCUT2D eigenvalue weighted by atomic mass is 10.4. The number of amides is 1. The van der Waals surface area contributed by atoms with Gasteiger partial charge in [0.05, 0.1) is 23.8 Å². The van der Waals surface area contributed by atoms with Gasteiger partial charge in [-0.25, -0.2) is 13.4 Å². The molecule has 1 aliphatic heterocycles. The summed E-state index contributed by atoms with van der Waals surface area (Å²) in [4.78, 5) is 31.2. The highest BCUT2D eigenvalue weighted by molar-refractivity contribution is 7.89. The van der Waals surface area contributed by atoms with Crippen molar-refractivity contribution in [2.45, 2.75) is 31.8 Å². The summed E-state index contributed by atoms with van der Waals surface area (Å²) in [7, 11) is -3.73. The average molecular weight is 470 g/mol. The fourth-order valence-electron chi connectivity index (χ4n) is 3.24. The zero-order valence-corrected chi connectivity index (χ0v) is 19.2. The Morgan fingerprint density at radius 3 is 2.65 bits per heavy atom. The number of aromatic nitrogens is 2. The highest BCUT2D eigenvalue weighted by Gasteiger charge is 2.22. The Balaban J connectivity index is 1.66. The van der Waals surface area contributed by atoms with Gasteiger partial charge in [-0.3, -0.25) is 14.5 Å². The molecular weight excluding hydrogens is 442 g/mol. The van der Waals surface area contributed by atoms with E-state index in [-0.39, 0.29) is 11.4 Å². The van der Waals surface area contributed by atoms with Crippen LogP contribution in [0.15, 0.2) is 33.4 Å². The van der Waals surface area contributed by atoms with Crippen LogP contribution in [0.25, 0.3) is 0 Å². The van der Waals surface area contributed by atoms with Gasteiger partial charge in [0.1, 0.15) is 6.54 Å². The molecule has 1 amide bonds. The fourth-order valence-corrected chi connectivity index (χ4v) is 5.43. The van der Waals surface area contributed by atoms with E-state index in [0.717, 1.165) is 29.4 Å². The van der Waals surface area contributed by atoms with Crippen molar-refractivity contribution in [1.82, 2.24) is 18.8 Å². The molecular formula is C19H27N5O5S2. The topological polar surface area (TPSA) is 114 Å². The molecule has 1 N–H and O–H groups in total. The third kappa shape index (κ3) is 5.98. The van der Waals surface area contributed by atoms with Gasteiger partial charge in [0, 0.05) is 50.4 Å². The molecule has 10 nitrogen and oxygen atoms in total. The quantitative estimate of drug-likeness (QED) is 0.578. The van der Waals surface area contributed by atoms with Crippen molar-refractivity contribution in [3.8, 4) is 0 Å². The Labute approximate surface area is 185 Å². The van der Waals surface area contributed by atoms with Gasteiger partial charge in [-0.2, -0.15) is 4.31 Å². The summed E-state index contributed by atoms with van der Waals surface area (Å²) >= 11 is 1.31. The van der Waals surface area contributed by atoms with Crippen LogP contribution >= 0.6 is 11.3 Å². The normalized spacial score (nSPS) is 15.3. The van der Waals surface area contributed by atoms with Crippen LogP contribution in [0.1, 0.15) is 19.5 Å². The molecule has 0 spiro atoms. The van der Waals surface area contributed by atoms with Crippen LogP contribution in [-0.4, -0.2) is 72.5 Å². The van der Waals surface area contributed by atoms with E-state index < -0.39 is 21.5 Å². The van der Waals surface area contributed by atoms with Crippen molar-refractivity contribution in [2.75, 3.05) is 44.7 Å². The van der Waals surface area contributed by atoms with Crippen LogP contribution < -0.4 is 10.9 Å². The van der Waals surface area contributed by atoms with Gasteiger partial charge < -0.3 is 14.6 Å². The second-order valence-corrected chi connectivity index (χ2v) is 9.80. The fraction of sp³-hybridized carbons (Fsp3) is 0.526. The molecule has 170 valence electrons. The smallest absolute Gasteiger partial charge is 0.251 e. The summed E-state index contributed by atoms with van der Waals surface area (Å²) in [6.07, 6.45) is 1.21. The highest BCUT2D eigenvalue weighted by Crippen LogP contribution is 2.18. The molecule has 2 aromatic heterocycles. The van der Waals surface area contributed by atoms with E-state index in [4.69, 9.17) is 4.74 Å². The Kier molecular flexibility index (Phi) is 7.94. The number of morpholine rings is 1. The number of anilines is 1. The molecule has 3 rings (SSSR count). The first-order chi connectivity index (χ1) is 14.8. The second kappa shape index (κ2) is 10.5. The monoisotopic (exact) mass is 469 g/mol. The Hall–Kier alpha value is -2.12. The number of rotatable bonds is 9. The summed E-state index contributed by atoms with van der Waals surface area (Å²) in [5.74, 6) is -0.452. The van der Waals surface area contributed by atoms with Crippen LogP contribution in [0.3, 0.4) is 0 Å². The van der Waals surface area contributed by atoms with Gasteiger partial charge in [0.2, 0.25) is 15.9 Å². The molecule has 12 heteroatoms. The van der Waals surface area contributed by atoms with Crippen molar-refractivity contribution < 1.29 is 17.9 Å². The molecule has 31 heavy (non-hydrogen) atoms.